The second kappa shape index (κ2) is 7.09. The Labute approximate surface area is 132 Å². The van der Waals surface area contributed by atoms with Crippen molar-refractivity contribution in [3.05, 3.63) is 35.9 Å². The van der Waals surface area contributed by atoms with Crippen LogP contribution in [-0.4, -0.2) is 17.0 Å². The van der Waals surface area contributed by atoms with Gasteiger partial charge in [-0.25, -0.2) is 0 Å². The number of hydrogen-bond acceptors (Lipinski definition) is 1. The van der Waals surface area contributed by atoms with Crippen molar-refractivity contribution in [3.8, 4) is 0 Å². The average molecular weight is 339 g/mol. The predicted molar refractivity (Wildman–Crippen MR) is 89.6 cm³/mol. The van der Waals surface area contributed by atoms with Crippen LogP contribution in [0.1, 0.15) is 57.9 Å². The molecule has 3 unspecified atom stereocenters. The van der Waals surface area contributed by atoms with Crippen molar-refractivity contribution < 1.29 is 4.74 Å². The molecule has 1 aromatic rings. The standard InChI is InChI=1S/C18H27BrO/c1-18(2,3)20-12-11-16-13-15(9-10-17(16)19)14-7-5-4-6-8-14/h4-8,15-17H,9-13H2,1-3H3. The molecule has 1 nitrogen and oxygen atoms in total. The van der Waals surface area contributed by atoms with Crippen LogP contribution >= 0.6 is 15.9 Å². The van der Waals surface area contributed by atoms with Crippen LogP contribution in [0, 0.1) is 5.92 Å². The number of benzene rings is 1. The van der Waals surface area contributed by atoms with Crippen LogP contribution in [0.5, 0.6) is 0 Å². The molecule has 3 atom stereocenters. The summed E-state index contributed by atoms with van der Waals surface area (Å²) < 4.78 is 5.90. The van der Waals surface area contributed by atoms with Crippen molar-refractivity contribution in [3.63, 3.8) is 0 Å². The maximum Gasteiger partial charge on any atom is 0.0598 e. The normalized spacial score (nSPS) is 27.5. The summed E-state index contributed by atoms with van der Waals surface area (Å²) in [5.41, 5.74) is 1.49. The average Bonchev–Trinajstić information content (AvgIpc) is 2.40. The lowest BCUT2D eigenvalue weighted by Gasteiger charge is -2.34. The highest BCUT2D eigenvalue weighted by Gasteiger charge is 2.29. The lowest BCUT2D eigenvalue weighted by Crippen LogP contribution is -2.27. The fraction of sp³-hybridized carbons (Fsp3) is 0.667. The van der Waals surface area contributed by atoms with Gasteiger partial charge in [0.1, 0.15) is 0 Å². The van der Waals surface area contributed by atoms with Crippen molar-refractivity contribution >= 4 is 15.9 Å². The van der Waals surface area contributed by atoms with Gasteiger partial charge in [0.2, 0.25) is 0 Å². The van der Waals surface area contributed by atoms with Gasteiger partial charge in [-0.15, -0.1) is 0 Å². The molecule has 2 rings (SSSR count). The van der Waals surface area contributed by atoms with E-state index in [2.05, 4.69) is 67.0 Å². The van der Waals surface area contributed by atoms with Crippen LogP contribution in [0.15, 0.2) is 30.3 Å². The molecule has 0 heterocycles. The highest BCUT2D eigenvalue weighted by molar-refractivity contribution is 9.09. The van der Waals surface area contributed by atoms with Gasteiger partial charge < -0.3 is 4.74 Å². The van der Waals surface area contributed by atoms with Gasteiger partial charge in [-0.1, -0.05) is 46.3 Å². The lowest BCUT2D eigenvalue weighted by molar-refractivity contribution is -0.0109. The van der Waals surface area contributed by atoms with Crippen molar-refractivity contribution in [2.75, 3.05) is 6.61 Å². The van der Waals surface area contributed by atoms with E-state index >= 15 is 0 Å². The Kier molecular flexibility index (Phi) is 5.68. The molecular weight excluding hydrogens is 312 g/mol. The van der Waals surface area contributed by atoms with E-state index in [1.54, 1.807) is 0 Å². The number of halogens is 1. The topological polar surface area (TPSA) is 9.23 Å². The van der Waals surface area contributed by atoms with Crippen LogP contribution in [0.25, 0.3) is 0 Å². The first-order valence-electron chi connectivity index (χ1n) is 7.78. The van der Waals surface area contributed by atoms with Crippen molar-refractivity contribution in [1.29, 1.82) is 0 Å². The maximum absolute atomic E-state index is 5.90. The van der Waals surface area contributed by atoms with Crippen LogP contribution in [0.2, 0.25) is 0 Å². The Balaban J connectivity index is 1.88. The molecular formula is C18H27BrO. The molecule has 0 aliphatic heterocycles. The van der Waals surface area contributed by atoms with E-state index in [4.69, 9.17) is 4.74 Å². The number of alkyl halides is 1. The Hall–Kier alpha value is -0.340. The van der Waals surface area contributed by atoms with Gasteiger partial charge >= 0.3 is 0 Å². The minimum atomic E-state index is -0.0185. The Morgan fingerprint density at radius 1 is 1.15 bits per heavy atom. The summed E-state index contributed by atoms with van der Waals surface area (Å²) in [6, 6.07) is 11.0. The largest absolute Gasteiger partial charge is 0.376 e. The first-order valence-corrected chi connectivity index (χ1v) is 8.70. The Morgan fingerprint density at radius 2 is 1.85 bits per heavy atom. The van der Waals surface area contributed by atoms with Gasteiger partial charge in [0.05, 0.1) is 5.60 Å². The molecule has 2 heteroatoms. The van der Waals surface area contributed by atoms with E-state index in [0.717, 1.165) is 24.9 Å². The van der Waals surface area contributed by atoms with Crippen molar-refractivity contribution in [2.24, 2.45) is 5.92 Å². The SMILES string of the molecule is CC(C)(C)OCCC1CC(c2ccccc2)CCC1Br. The molecule has 0 amide bonds. The van der Waals surface area contributed by atoms with Gasteiger partial charge in [0.25, 0.3) is 0 Å². The van der Waals surface area contributed by atoms with E-state index in [-0.39, 0.29) is 5.60 Å². The Bertz CT molecular complexity index is 396. The van der Waals surface area contributed by atoms with Crippen molar-refractivity contribution in [1.82, 2.24) is 0 Å². The summed E-state index contributed by atoms with van der Waals surface area (Å²) >= 11 is 3.88. The lowest BCUT2D eigenvalue weighted by atomic mass is 9.77. The number of hydrogen-bond donors (Lipinski definition) is 0. The minimum Gasteiger partial charge on any atom is -0.376 e. The predicted octanol–water partition coefficient (Wildman–Crippen LogP) is 5.54. The van der Waals surface area contributed by atoms with E-state index in [0.29, 0.717) is 4.83 Å². The van der Waals surface area contributed by atoms with Crippen LogP contribution in [0.3, 0.4) is 0 Å². The van der Waals surface area contributed by atoms with Gasteiger partial charge in [0.15, 0.2) is 0 Å². The fourth-order valence-corrected chi connectivity index (χ4v) is 3.81. The zero-order chi connectivity index (χ0) is 14.6. The monoisotopic (exact) mass is 338 g/mol. The number of rotatable bonds is 4. The summed E-state index contributed by atoms with van der Waals surface area (Å²) in [5.74, 6) is 1.46. The summed E-state index contributed by atoms with van der Waals surface area (Å²) in [5, 5.41) is 0. The van der Waals surface area contributed by atoms with Gasteiger partial charge in [-0.05, 0) is 63.9 Å². The first-order chi connectivity index (χ1) is 9.46. The van der Waals surface area contributed by atoms with E-state index in [9.17, 15) is 0 Å². The molecule has 112 valence electrons. The summed E-state index contributed by atoms with van der Waals surface area (Å²) in [4.78, 5) is 0.658. The maximum atomic E-state index is 5.90. The van der Waals surface area contributed by atoms with E-state index in [1.165, 1.54) is 24.8 Å². The highest BCUT2D eigenvalue weighted by Crippen LogP contribution is 2.40. The molecule has 0 radical (unpaired) electrons. The zero-order valence-electron chi connectivity index (χ0n) is 12.9. The first kappa shape index (κ1) is 16.0. The molecule has 1 aliphatic rings. The minimum absolute atomic E-state index is 0.0185. The molecule has 20 heavy (non-hydrogen) atoms. The summed E-state index contributed by atoms with van der Waals surface area (Å²) in [6.45, 7) is 7.27. The van der Waals surface area contributed by atoms with E-state index in [1.807, 2.05) is 0 Å². The Morgan fingerprint density at radius 3 is 2.50 bits per heavy atom. The molecule has 0 N–H and O–H groups in total. The third-order valence-electron chi connectivity index (χ3n) is 4.18. The molecule has 0 spiro atoms. The van der Waals surface area contributed by atoms with Crippen LogP contribution < -0.4 is 0 Å². The second-order valence-corrected chi connectivity index (χ2v) is 8.12. The molecule has 1 aromatic carbocycles. The molecule has 0 aromatic heterocycles. The smallest absolute Gasteiger partial charge is 0.0598 e. The van der Waals surface area contributed by atoms with Gasteiger partial charge in [0, 0.05) is 11.4 Å². The van der Waals surface area contributed by atoms with Gasteiger partial charge in [-0.2, -0.15) is 0 Å². The molecule has 0 saturated heterocycles. The molecule has 0 bridgehead atoms. The molecule has 1 fully saturated rings. The number of ether oxygens (including phenoxy) is 1. The highest BCUT2D eigenvalue weighted by atomic mass is 79.9. The third-order valence-corrected chi connectivity index (χ3v) is 5.39. The quantitative estimate of drug-likeness (QED) is 0.655. The summed E-state index contributed by atoms with van der Waals surface area (Å²) in [7, 11) is 0. The van der Waals surface area contributed by atoms with Crippen LogP contribution in [-0.2, 0) is 4.74 Å². The van der Waals surface area contributed by atoms with Crippen molar-refractivity contribution in [2.45, 2.75) is 62.8 Å². The molecule has 1 aliphatic carbocycles. The third kappa shape index (κ3) is 4.89. The zero-order valence-corrected chi connectivity index (χ0v) is 14.5. The fourth-order valence-electron chi connectivity index (χ4n) is 3.07. The second-order valence-electron chi connectivity index (χ2n) is 6.95. The molecule has 1 saturated carbocycles. The van der Waals surface area contributed by atoms with Gasteiger partial charge in [-0.3, -0.25) is 0 Å². The summed E-state index contributed by atoms with van der Waals surface area (Å²) in [6.07, 6.45) is 5.03. The van der Waals surface area contributed by atoms with E-state index < -0.39 is 0 Å². The van der Waals surface area contributed by atoms with Crippen LogP contribution in [0.4, 0.5) is 0 Å².